The summed E-state index contributed by atoms with van der Waals surface area (Å²) < 4.78 is 1.04. The van der Waals surface area contributed by atoms with Crippen LogP contribution in [0.1, 0.15) is 79.0 Å². The van der Waals surface area contributed by atoms with Crippen molar-refractivity contribution in [3.05, 3.63) is 28.8 Å². The van der Waals surface area contributed by atoms with Gasteiger partial charge in [0.05, 0.1) is 0 Å². The summed E-state index contributed by atoms with van der Waals surface area (Å²) in [6, 6.07) is 5.10. The predicted molar refractivity (Wildman–Crippen MR) is 145 cm³/mol. The molecule has 1 aromatic carbocycles. The van der Waals surface area contributed by atoms with Gasteiger partial charge in [-0.3, -0.25) is 0 Å². The van der Waals surface area contributed by atoms with Gasteiger partial charge in [-0.15, -0.1) is 0 Å². The SMILES string of the molecule is CC(C)(C)c1cc(C(C)(C)C)c(P=[As]C([Si](C)(C)C)[Si](C)(C)C)c(C(C)(C)C)c1. The molecule has 0 aliphatic carbocycles. The van der Waals surface area contributed by atoms with Crippen molar-refractivity contribution in [2.75, 3.05) is 0 Å². The predicted octanol–water partition coefficient (Wildman–Crippen LogP) is 8.31. The molecule has 0 saturated carbocycles. The van der Waals surface area contributed by atoms with Gasteiger partial charge in [0.1, 0.15) is 0 Å². The zero-order valence-electron chi connectivity index (χ0n) is 22.1. The van der Waals surface area contributed by atoms with Gasteiger partial charge in [0.15, 0.2) is 0 Å². The van der Waals surface area contributed by atoms with Gasteiger partial charge < -0.3 is 0 Å². The first kappa shape index (κ1) is 27.5. The molecule has 0 nitrogen and oxygen atoms in total. The Morgan fingerprint density at radius 3 is 1.24 bits per heavy atom. The summed E-state index contributed by atoms with van der Waals surface area (Å²) in [5.41, 5.74) is 5.22. The zero-order chi connectivity index (χ0) is 23.2. The van der Waals surface area contributed by atoms with E-state index < -0.39 is 16.1 Å². The molecule has 29 heavy (non-hydrogen) atoms. The monoisotopic (exact) mass is 510 g/mol. The summed E-state index contributed by atoms with van der Waals surface area (Å²) in [5.74, 6) is 0. The molecule has 0 atom stereocenters. The molecule has 0 aliphatic heterocycles. The molecule has 0 aromatic heterocycles. The second-order valence-corrected chi connectivity index (χ2v) is 32.0. The summed E-state index contributed by atoms with van der Waals surface area (Å²) in [6.45, 7) is 38.8. The molecule has 1 aromatic rings. The molecule has 0 radical (unpaired) electrons. The van der Waals surface area contributed by atoms with Gasteiger partial charge in [0.2, 0.25) is 0 Å². The van der Waals surface area contributed by atoms with Crippen LogP contribution in [0.4, 0.5) is 0 Å². The Bertz CT molecular complexity index is 696. The Balaban J connectivity index is 3.88. The summed E-state index contributed by atoms with van der Waals surface area (Å²) in [4.78, 5) is 0. The number of rotatable bonds is 4. The molecule has 0 spiro atoms. The van der Waals surface area contributed by atoms with Crippen LogP contribution in [0, 0.1) is 0 Å². The van der Waals surface area contributed by atoms with Crippen LogP contribution in [-0.4, -0.2) is 31.0 Å². The standard InChI is InChI=1S/C25H48AsPSi2/c1-23(2,3)18-16-19(24(4,5)6)21(20(17-18)25(7,8)9)27-26-22(28(10,11)12)29(13,14)15/h16-17,22H,1-15H3. The first-order valence-electron chi connectivity index (χ1n) is 11.2. The zero-order valence-corrected chi connectivity index (χ0v) is 26.9. The van der Waals surface area contributed by atoms with Crippen LogP contribution in [0.2, 0.25) is 43.2 Å². The van der Waals surface area contributed by atoms with Crippen LogP contribution in [-0.2, 0) is 16.2 Å². The molecule has 0 fully saturated rings. The van der Waals surface area contributed by atoms with Gasteiger partial charge in [0, 0.05) is 0 Å². The second kappa shape index (κ2) is 8.80. The molecule has 166 valence electrons. The maximum atomic E-state index is 2.61. The fourth-order valence-electron chi connectivity index (χ4n) is 4.08. The van der Waals surface area contributed by atoms with E-state index in [0.29, 0.717) is 14.8 Å². The summed E-state index contributed by atoms with van der Waals surface area (Å²) in [6.07, 6.45) is 0. The topological polar surface area (TPSA) is 0 Å². The van der Waals surface area contributed by atoms with Crippen molar-refractivity contribution >= 4 is 43.0 Å². The van der Waals surface area contributed by atoms with E-state index in [1.807, 2.05) is 0 Å². The van der Waals surface area contributed by atoms with Crippen molar-refractivity contribution in [3.63, 3.8) is 0 Å². The van der Waals surface area contributed by atoms with E-state index in [4.69, 9.17) is 0 Å². The quantitative estimate of drug-likeness (QED) is 0.282. The minimum absolute atomic E-state index is 0.179. The summed E-state index contributed by atoms with van der Waals surface area (Å²) in [7, 11) is -2.29. The van der Waals surface area contributed by atoms with Crippen molar-refractivity contribution < 1.29 is 0 Å². The normalized spacial score (nSPS) is 14.9. The summed E-state index contributed by atoms with van der Waals surface area (Å²) >= 11 is 0.307. The van der Waals surface area contributed by atoms with E-state index in [9.17, 15) is 0 Å². The van der Waals surface area contributed by atoms with Crippen molar-refractivity contribution in [2.45, 2.75) is 122 Å². The van der Waals surface area contributed by atoms with Crippen LogP contribution in [0.25, 0.3) is 0 Å². The first-order valence-corrected chi connectivity index (χ1v) is 22.8. The molecule has 0 N–H and O–H groups in total. The molecule has 4 heteroatoms. The van der Waals surface area contributed by atoms with Crippen molar-refractivity contribution in [3.8, 4) is 0 Å². The second-order valence-electron chi connectivity index (χ2n) is 14.0. The van der Waals surface area contributed by atoms with Crippen molar-refractivity contribution in [1.29, 1.82) is 0 Å². The fourth-order valence-corrected chi connectivity index (χ4v) is 36.2. The van der Waals surface area contributed by atoms with Gasteiger partial charge in [0.25, 0.3) is 0 Å². The molecular weight excluding hydrogens is 462 g/mol. The van der Waals surface area contributed by atoms with Gasteiger partial charge in [-0.25, -0.2) is 0 Å². The van der Waals surface area contributed by atoms with E-state index in [1.165, 1.54) is 5.56 Å². The van der Waals surface area contributed by atoms with E-state index in [1.54, 1.807) is 23.1 Å². The van der Waals surface area contributed by atoms with Crippen LogP contribution in [0.15, 0.2) is 12.1 Å². The first-order chi connectivity index (χ1) is 12.6. The Morgan fingerprint density at radius 1 is 0.655 bits per heavy atom. The van der Waals surface area contributed by atoms with E-state index in [2.05, 4.69) is 114 Å². The minimum atomic E-state index is -1.15. The summed E-state index contributed by atoms with van der Waals surface area (Å²) in [5, 5.41) is 1.67. The average Bonchev–Trinajstić information content (AvgIpc) is 2.40. The van der Waals surface area contributed by atoms with Crippen LogP contribution in [0.5, 0.6) is 0 Å². The molecule has 0 saturated heterocycles. The van der Waals surface area contributed by atoms with Gasteiger partial charge in [-0.2, -0.15) is 0 Å². The third-order valence-electron chi connectivity index (χ3n) is 5.51. The van der Waals surface area contributed by atoms with Crippen molar-refractivity contribution in [2.24, 2.45) is 0 Å². The fraction of sp³-hybridized carbons (Fsp3) is 0.760. The van der Waals surface area contributed by atoms with Gasteiger partial charge in [-0.1, -0.05) is 0 Å². The molecule has 0 bridgehead atoms. The third kappa shape index (κ3) is 7.55. The Hall–Kier alpha value is 0.512. The molecule has 0 amide bonds. The number of hydrogen-bond acceptors (Lipinski definition) is 0. The van der Waals surface area contributed by atoms with Gasteiger partial charge in [-0.05, 0) is 0 Å². The van der Waals surface area contributed by atoms with Crippen LogP contribution >= 0.6 is 6.69 Å². The Labute approximate surface area is 193 Å². The molecule has 0 heterocycles. The maximum absolute atomic E-state index is 2.61. The molecule has 0 unspecified atom stereocenters. The van der Waals surface area contributed by atoms with E-state index in [-0.39, 0.29) is 16.2 Å². The van der Waals surface area contributed by atoms with Crippen molar-refractivity contribution in [1.82, 2.24) is 0 Å². The Morgan fingerprint density at radius 2 is 1.00 bits per heavy atom. The average molecular weight is 511 g/mol. The number of benzene rings is 1. The molecule has 1 rings (SSSR count). The molecular formula is C25H48AsPSi2. The van der Waals surface area contributed by atoms with Crippen LogP contribution < -0.4 is 5.30 Å². The van der Waals surface area contributed by atoms with E-state index in [0.717, 1.165) is 3.95 Å². The Kier molecular flexibility index (Phi) is 8.36. The third-order valence-corrected chi connectivity index (χ3v) is 31.8. The van der Waals surface area contributed by atoms with Gasteiger partial charge >= 0.3 is 194 Å². The molecule has 0 aliphatic rings. The van der Waals surface area contributed by atoms with E-state index >= 15 is 0 Å². The number of hydrogen-bond donors (Lipinski definition) is 0. The van der Waals surface area contributed by atoms with Crippen LogP contribution in [0.3, 0.4) is 0 Å².